The molecule has 0 saturated heterocycles. The second-order valence-electron chi connectivity index (χ2n) is 2.78. The molecule has 86 valence electrons. The maximum absolute atomic E-state index is 4.48. The van der Waals surface area contributed by atoms with Crippen molar-refractivity contribution in [3.05, 3.63) is 37.0 Å². The zero-order valence-electron chi connectivity index (χ0n) is 9.75. The van der Waals surface area contributed by atoms with E-state index in [1.54, 1.807) is 11.6 Å². The van der Waals surface area contributed by atoms with Crippen LogP contribution in [0, 0.1) is 0 Å². The highest BCUT2D eigenvalue weighted by Gasteiger charge is 1.83. The van der Waals surface area contributed by atoms with Gasteiger partial charge in [-0.2, -0.15) is 0 Å². The fourth-order valence-electron chi connectivity index (χ4n) is 0.758. The number of nitrogens with one attached hydrogen (secondary N) is 2. The van der Waals surface area contributed by atoms with Crippen LogP contribution in [0.5, 0.6) is 0 Å². The standard InChI is InChI=1S/C8H13N.C4H9NS/c1-4-6-8(5-2)7-9-3;1-2-3-5-4-6/h4-6,9H,1-2,7H2,3H3;4H,2-3H2,1H3,(H,5,6)/b8-6+;. The van der Waals surface area contributed by atoms with Crippen LogP contribution in [0.4, 0.5) is 0 Å². The predicted molar refractivity (Wildman–Crippen MR) is 74.4 cm³/mol. The molecule has 0 aromatic rings. The molecule has 0 aromatic heterocycles. The third kappa shape index (κ3) is 15.8. The van der Waals surface area contributed by atoms with E-state index in [1.165, 1.54) is 0 Å². The molecule has 0 spiro atoms. The van der Waals surface area contributed by atoms with Crippen molar-refractivity contribution in [1.29, 1.82) is 0 Å². The minimum Gasteiger partial charge on any atom is -0.382 e. The predicted octanol–water partition coefficient (Wildman–Crippen LogP) is 2.45. The number of likely N-dealkylation sites (N-methyl/N-ethyl adjacent to an activating group) is 1. The summed E-state index contributed by atoms with van der Waals surface area (Å²) < 4.78 is 0. The van der Waals surface area contributed by atoms with Gasteiger partial charge in [-0.1, -0.05) is 50.5 Å². The van der Waals surface area contributed by atoms with Crippen molar-refractivity contribution in [1.82, 2.24) is 10.6 Å². The number of thiocarbonyl (C=S) groups is 1. The highest BCUT2D eigenvalue weighted by atomic mass is 32.1. The van der Waals surface area contributed by atoms with Crippen LogP contribution in [0.3, 0.4) is 0 Å². The first-order chi connectivity index (χ1) is 7.26. The maximum Gasteiger partial charge on any atom is 0.0614 e. The van der Waals surface area contributed by atoms with Gasteiger partial charge >= 0.3 is 0 Å². The fraction of sp³-hybridized carbons (Fsp3) is 0.417. The van der Waals surface area contributed by atoms with E-state index >= 15 is 0 Å². The van der Waals surface area contributed by atoms with Gasteiger partial charge in [0.1, 0.15) is 0 Å². The van der Waals surface area contributed by atoms with Gasteiger partial charge in [0.25, 0.3) is 0 Å². The number of rotatable bonds is 7. The summed E-state index contributed by atoms with van der Waals surface area (Å²) in [5, 5.41) is 5.90. The molecule has 2 N–H and O–H groups in total. The molecular formula is C12H22N2S. The quantitative estimate of drug-likeness (QED) is 0.396. The van der Waals surface area contributed by atoms with Crippen LogP contribution in [-0.2, 0) is 0 Å². The summed E-state index contributed by atoms with van der Waals surface area (Å²) in [6, 6.07) is 0. The van der Waals surface area contributed by atoms with Crippen LogP contribution >= 0.6 is 12.2 Å². The number of hydrogen-bond donors (Lipinski definition) is 2. The van der Waals surface area contributed by atoms with Gasteiger partial charge in [0.05, 0.1) is 5.49 Å². The molecule has 0 saturated carbocycles. The summed E-state index contributed by atoms with van der Waals surface area (Å²) in [7, 11) is 1.90. The molecule has 0 fully saturated rings. The fourth-order valence-corrected chi connectivity index (χ4v) is 0.876. The first-order valence-electron chi connectivity index (χ1n) is 5.02. The van der Waals surface area contributed by atoms with E-state index in [0.717, 1.165) is 25.1 Å². The van der Waals surface area contributed by atoms with Gasteiger partial charge in [-0.3, -0.25) is 0 Å². The van der Waals surface area contributed by atoms with Gasteiger partial charge in [0.15, 0.2) is 0 Å². The molecule has 0 rings (SSSR count). The van der Waals surface area contributed by atoms with Crippen molar-refractivity contribution in [3.63, 3.8) is 0 Å². The van der Waals surface area contributed by atoms with Gasteiger partial charge in [0, 0.05) is 13.1 Å². The SMILES string of the molecule is C=C/C=C(\C=C)CNC.CCCNC=S. The lowest BCUT2D eigenvalue weighted by molar-refractivity contribution is 0.857. The number of hydrogen-bond acceptors (Lipinski definition) is 2. The normalized spacial score (nSPS) is 9.60. The zero-order chi connectivity index (χ0) is 11.9. The Hall–Kier alpha value is -0.930. The largest absolute Gasteiger partial charge is 0.382 e. The minimum absolute atomic E-state index is 0.857. The Morgan fingerprint density at radius 2 is 2.07 bits per heavy atom. The van der Waals surface area contributed by atoms with Crippen molar-refractivity contribution in [2.75, 3.05) is 20.1 Å². The van der Waals surface area contributed by atoms with Crippen LogP contribution in [0.2, 0.25) is 0 Å². The molecule has 15 heavy (non-hydrogen) atoms. The molecular weight excluding hydrogens is 204 g/mol. The first-order valence-corrected chi connectivity index (χ1v) is 5.49. The molecule has 0 aliphatic carbocycles. The first kappa shape index (κ1) is 16.5. The highest BCUT2D eigenvalue weighted by molar-refractivity contribution is 7.78. The van der Waals surface area contributed by atoms with E-state index in [2.05, 4.69) is 42.9 Å². The van der Waals surface area contributed by atoms with Crippen molar-refractivity contribution in [2.24, 2.45) is 0 Å². The summed E-state index contributed by atoms with van der Waals surface area (Å²) in [5.41, 5.74) is 2.70. The lowest BCUT2D eigenvalue weighted by atomic mass is 10.2. The van der Waals surface area contributed by atoms with Gasteiger partial charge in [0.2, 0.25) is 0 Å². The van der Waals surface area contributed by atoms with Crippen molar-refractivity contribution in [3.8, 4) is 0 Å². The van der Waals surface area contributed by atoms with Gasteiger partial charge in [-0.05, 0) is 19.0 Å². The Kier molecular flexibility index (Phi) is 17.1. The van der Waals surface area contributed by atoms with E-state index in [4.69, 9.17) is 0 Å². The van der Waals surface area contributed by atoms with Crippen LogP contribution in [0.15, 0.2) is 37.0 Å². The summed E-state index contributed by atoms with van der Waals surface area (Å²) in [6.07, 6.45) is 6.66. The molecule has 0 atom stereocenters. The van der Waals surface area contributed by atoms with Crippen LogP contribution in [0.25, 0.3) is 0 Å². The average Bonchev–Trinajstić information content (AvgIpc) is 2.27. The Bertz CT molecular complexity index is 198. The van der Waals surface area contributed by atoms with Gasteiger partial charge < -0.3 is 10.6 Å². The van der Waals surface area contributed by atoms with Crippen molar-refractivity contribution in [2.45, 2.75) is 13.3 Å². The van der Waals surface area contributed by atoms with Crippen molar-refractivity contribution >= 4 is 17.7 Å². The monoisotopic (exact) mass is 226 g/mol. The van der Waals surface area contributed by atoms with Crippen LogP contribution in [-0.4, -0.2) is 25.6 Å². The lowest BCUT2D eigenvalue weighted by Gasteiger charge is -1.96. The smallest absolute Gasteiger partial charge is 0.0614 e. The second-order valence-corrected chi connectivity index (χ2v) is 3.02. The van der Waals surface area contributed by atoms with E-state index in [-0.39, 0.29) is 0 Å². The average molecular weight is 226 g/mol. The van der Waals surface area contributed by atoms with Gasteiger partial charge in [-0.25, -0.2) is 0 Å². The Labute approximate surface area is 99.1 Å². The molecule has 0 aliphatic rings. The molecule has 3 heteroatoms. The maximum atomic E-state index is 4.48. The molecule has 0 radical (unpaired) electrons. The molecule has 0 amide bonds. The van der Waals surface area contributed by atoms with E-state index in [9.17, 15) is 0 Å². The molecule has 0 heterocycles. The molecule has 0 unspecified atom stereocenters. The van der Waals surface area contributed by atoms with Gasteiger partial charge in [-0.15, -0.1) is 0 Å². The van der Waals surface area contributed by atoms with Crippen LogP contribution in [0.1, 0.15) is 13.3 Å². The Balaban J connectivity index is 0. The second kappa shape index (κ2) is 15.5. The van der Waals surface area contributed by atoms with Crippen LogP contribution < -0.4 is 10.6 Å². The molecule has 2 nitrogen and oxygen atoms in total. The van der Waals surface area contributed by atoms with Crippen molar-refractivity contribution < 1.29 is 0 Å². The van der Waals surface area contributed by atoms with E-state index in [0.29, 0.717) is 0 Å². The highest BCUT2D eigenvalue weighted by Crippen LogP contribution is 1.91. The summed E-state index contributed by atoms with van der Waals surface area (Å²) in [6.45, 7) is 11.2. The number of allylic oxidation sites excluding steroid dienone is 2. The summed E-state index contributed by atoms with van der Waals surface area (Å²) >= 11 is 4.48. The third-order valence-corrected chi connectivity index (χ3v) is 1.62. The van der Waals surface area contributed by atoms with E-state index in [1.807, 2.05) is 19.2 Å². The minimum atomic E-state index is 0.857. The molecule has 0 aliphatic heterocycles. The molecule has 0 bridgehead atoms. The third-order valence-electron chi connectivity index (χ3n) is 1.45. The topological polar surface area (TPSA) is 24.1 Å². The molecule has 0 aromatic carbocycles. The Morgan fingerprint density at radius 3 is 2.33 bits per heavy atom. The van der Waals surface area contributed by atoms with E-state index < -0.39 is 0 Å². The zero-order valence-corrected chi connectivity index (χ0v) is 10.6. The summed E-state index contributed by atoms with van der Waals surface area (Å²) in [5.74, 6) is 0. The Morgan fingerprint density at radius 1 is 1.40 bits per heavy atom. The lowest BCUT2D eigenvalue weighted by Crippen LogP contribution is -2.08. The summed E-state index contributed by atoms with van der Waals surface area (Å²) in [4.78, 5) is 0.